The highest BCUT2D eigenvalue weighted by molar-refractivity contribution is 6.01. The number of fused-ring (bicyclic) bond motifs is 3. The lowest BCUT2D eigenvalue weighted by Gasteiger charge is -2.39. The normalized spacial score (nSPS) is 17.0. The predicted molar refractivity (Wildman–Crippen MR) is 159 cm³/mol. The molecular formula is C33H30N4O5. The number of anilines is 1. The smallest absolute Gasteiger partial charge is 0.409 e. The summed E-state index contributed by atoms with van der Waals surface area (Å²) in [4.78, 5) is 33.5. The van der Waals surface area contributed by atoms with E-state index in [-0.39, 0.29) is 23.6 Å². The molecule has 0 saturated carbocycles. The number of ether oxygens (including phenoxy) is 2. The summed E-state index contributed by atoms with van der Waals surface area (Å²) >= 11 is 0. The van der Waals surface area contributed by atoms with Crippen molar-refractivity contribution >= 4 is 34.3 Å². The summed E-state index contributed by atoms with van der Waals surface area (Å²) in [5.41, 5.74) is 10.8. The second-order valence-electron chi connectivity index (χ2n) is 10.9. The van der Waals surface area contributed by atoms with E-state index in [0.717, 1.165) is 45.9 Å². The zero-order valence-corrected chi connectivity index (χ0v) is 23.2. The molecule has 2 heterocycles. The maximum absolute atomic E-state index is 12.2. The van der Waals surface area contributed by atoms with Crippen LogP contribution < -0.4 is 10.5 Å². The molecule has 1 amide bonds. The minimum absolute atomic E-state index is 0.240. The standard InChI is InChI=1S/C33H30N4O5/c1-35-27-8-3-5-21(18-29(38)39)30(27)42-28-19-33(12-15-37(16-13-33)32(40)41-2)26-10-9-20(17-25(26)28)22-6-4-7-24-23(22)11-14-36-31(24)34/h3-11,14,17,28H,12-13,15-16,18-19H2,2H3,(H2,34,36)(H,38,39). The largest absolute Gasteiger partial charge is 0.496 e. The summed E-state index contributed by atoms with van der Waals surface area (Å²) in [6.07, 6.45) is 2.82. The molecular weight excluding hydrogens is 532 g/mol. The summed E-state index contributed by atoms with van der Waals surface area (Å²) < 4.78 is 11.6. The molecule has 6 rings (SSSR count). The van der Waals surface area contributed by atoms with Crippen molar-refractivity contribution in [2.24, 2.45) is 0 Å². The van der Waals surface area contributed by atoms with E-state index in [1.54, 1.807) is 29.3 Å². The molecule has 0 radical (unpaired) electrons. The number of likely N-dealkylation sites (tertiary alicyclic amines) is 1. The molecule has 1 spiro atoms. The van der Waals surface area contributed by atoms with Gasteiger partial charge in [-0.2, -0.15) is 0 Å². The van der Waals surface area contributed by atoms with Gasteiger partial charge in [0.15, 0.2) is 0 Å². The number of amides is 1. The topological polar surface area (TPSA) is 119 Å². The van der Waals surface area contributed by atoms with Crippen LogP contribution in [0, 0.1) is 6.57 Å². The molecule has 1 saturated heterocycles. The van der Waals surface area contributed by atoms with Crippen molar-refractivity contribution in [3.8, 4) is 16.9 Å². The monoisotopic (exact) mass is 562 g/mol. The number of nitrogens with two attached hydrogens (primary N) is 1. The van der Waals surface area contributed by atoms with Gasteiger partial charge in [-0.05, 0) is 64.6 Å². The number of carboxylic acids is 1. The fraction of sp³-hybridized carbons (Fsp3) is 0.273. The molecule has 4 aromatic rings. The van der Waals surface area contributed by atoms with Crippen molar-refractivity contribution in [1.29, 1.82) is 0 Å². The Morgan fingerprint density at radius 1 is 1.12 bits per heavy atom. The van der Waals surface area contributed by atoms with Gasteiger partial charge in [-0.3, -0.25) is 4.79 Å². The number of nitrogens with zero attached hydrogens (tertiary/aromatic N) is 3. The number of aromatic nitrogens is 1. The van der Waals surface area contributed by atoms with Crippen LogP contribution in [-0.4, -0.2) is 47.3 Å². The molecule has 42 heavy (non-hydrogen) atoms. The zero-order chi connectivity index (χ0) is 29.4. The molecule has 3 N–H and O–H groups in total. The number of carbonyl (C=O) groups excluding carboxylic acids is 1. The Bertz CT molecular complexity index is 1750. The Labute approximate surface area is 243 Å². The molecule has 9 heteroatoms. The van der Waals surface area contributed by atoms with Crippen LogP contribution in [0.15, 0.2) is 66.9 Å². The number of hydrogen-bond donors (Lipinski definition) is 2. The van der Waals surface area contributed by atoms with E-state index in [9.17, 15) is 14.7 Å². The van der Waals surface area contributed by atoms with Gasteiger partial charge in [0.1, 0.15) is 17.7 Å². The lowest BCUT2D eigenvalue weighted by Crippen LogP contribution is -2.44. The van der Waals surface area contributed by atoms with Crippen molar-refractivity contribution in [2.45, 2.75) is 37.2 Å². The van der Waals surface area contributed by atoms with E-state index in [0.29, 0.717) is 36.6 Å². The second kappa shape index (κ2) is 10.7. The average molecular weight is 563 g/mol. The molecule has 1 aromatic heterocycles. The predicted octanol–water partition coefficient (Wildman–Crippen LogP) is 6.29. The number of benzene rings is 3. The Morgan fingerprint density at radius 3 is 2.64 bits per heavy atom. The third-order valence-electron chi connectivity index (χ3n) is 8.65. The molecule has 1 aliphatic carbocycles. The van der Waals surface area contributed by atoms with Gasteiger partial charge < -0.3 is 25.2 Å². The number of para-hydroxylation sites is 1. The minimum atomic E-state index is -0.993. The highest BCUT2D eigenvalue weighted by Crippen LogP contribution is 2.54. The Hall–Kier alpha value is -5.10. The Kier molecular flexibility index (Phi) is 6.91. The van der Waals surface area contributed by atoms with Crippen LogP contribution in [0.3, 0.4) is 0 Å². The number of carboxylic acid groups (broad SMARTS) is 1. The number of methoxy groups -OCH3 is 1. The summed E-state index contributed by atoms with van der Waals surface area (Å²) in [7, 11) is 1.39. The zero-order valence-electron chi connectivity index (χ0n) is 23.2. The third kappa shape index (κ3) is 4.65. The number of aliphatic carboxylic acids is 1. The van der Waals surface area contributed by atoms with Gasteiger partial charge in [-0.25, -0.2) is 14.6 Å². The van der Waals surface area contributed by atoms with Gasteiger partial charge in [0.2, 0.25) is 5.69 Å². The summed E-state index contributed by atoms with van der Waals surface area (Å²) in [5.74, 6) is -0.216. The lowest BCUT2D eigenvalue weighted by atomic mass is 9.73. The van der Waals surface area contributed by atoms with Gasteiger partial charge >= 0.3 is 12.1 Å². The Balaban J connectivity index is 1.46. The van der Waals surface area contributed by atoms with Crippen LogP contribution in [-0.2, 0) is 21.4 Å². The van der Waals surface area contributed by atoms with E-state index in [1.165, 1.54) is 7.11 Å². The first-order valence-electron chi connectivity index (χ1n) is 13.8. The van der Waals surface area contributed by atoms with E-state index >= 15 is 0 Å². The van der Waals surface area contributed by atoms with Crippen LogP contribution in [0.25, 0.3) is 26.7 Å². The van der Waals surface area contributed by atoms with Crippen molar-refractivity contribution in [3.05, 3.63) is 95.0 Å². The van der Waals surface area contributed by atoms with E-state index in [4.69, 9.17) is 21.8 Å². The highest BCUT2D eigenvalue weighted by Gasteiger charge is 2.47. The number of pyridine rings is 1. The average Bonchev–Trinajstić information content (AvgIpc) is 3.29. The maximum atomic E-state index is 12.2. The first kappa shape index (κ1) is 27.1. The second-order valence-corrected chi connectivity index (χ2v) is 10.9. The van der Waals surface area contributed by atoms with E-state index in [2.05, 4.69) is 34.1 Å². The molecule has 1 atom stereocenters. The molecule has 9 nitrogen and oxygen atoms in total. The summed E-state index contributed by atoms with van der Waals surface area (Å²) in [6, 6.07) is 19.4. The molecule has 1 unspecified atom stereocenters. The van der Waals surface area contributed by atoms with E-state index < -0.39 is 12.1 Å². The number of hydrogen-bond acceptors (Lipinski definition) is 6. The fourth-order valence-electron chi connectivity index (χ4n) is 6.60. The van der Waals surface area contributed by atoms with Crippen LogP contribution in [0.1, 0.15) is 42.1 Å². The number of piperidine rings is 1. The van der Waals surface area contributed by atoms with Crippen LogP contribution in [0.2, 0.25) is 0 Å². The lowest BCUT2D eigenvalue weighted by molar-refractivity contribution is -0.136. The third-order valence-corrected chi connectivity index (χ3v) is 8.65. The van der Waals surface area contributed by atoms with Crippen LogP contribution >= 0.6 is 0 Å². The summed E-state index contributed by atoms with van der Waals surface area (Å²) in [6.45, 7) is 8.84. The van der Waals surface area contributed by atoms with Gasteiger partial charge in [0, 0.05) is 30.1 Å². The van der Waals surface area contributed by atoms with Crippen molar-refractivity contribution in [3.63, 3.8) is 0 Å². The van der Waals surface area contributed by atoms with Crippen molar-refractivity contribution in [2.75, 3.05) is 25.9 Å². The maximum Gasteiger partial charge on any atom is 0.409 e. The quantitative estimate of drug-likeness (QED) is 0.275. The highest BCUT2D eigenvalue weighted by atomic mass is 16.5. The molecule has 1 fully saturated rings. The summed E-state index contributed by atoms with van der Waals surface area (Å²) in [5, 5.41) is 11.4. The molecule has 212 valence electrons. The molecule has 3 aromatic carbocycles. The Morgan fingerprint density at radius 2 is 1.90 bits per heavy atom. The first-order valence-corrected chi connectivity index (χ1v) is 13.8. The number of nitrogen functional groups attached to an aromatic ring is 1. The van der Waals surface area contributed by atoms with Crippen molar-refractivity contribution < 1.29 is 24.2 Å². The van der Waals surface area contributed by atoms with Gasteiger partial charge in [0.25, 0.3) is 0 Å². The molecule has 0 bridgehead atoms. The molecule has 2 aliphatic rings. The molecule has 1 aliphatic heterocycles. The number of carbonyl (C=O) groups is 2. The van der Waals surface area contributed by atoms with Gasteiger partial charge in [-0.1, -0.05) is 48.5 Å². The first-order chi connectivity index (χ1) is 20.3. The van der Waals surface area contributed by atoms with Gasteiger partial charge in [0.05, 0.1) is 20.1 Å². The van der Waals surface area contributed by atoms with Crippen LogP contribution in [0.5, 0.6) is 5.75 Å². The van der Waals surface area contributed by atoms with Gasteiger partial charge in [-0.15, -0.1) is 0 Å². The van der Waals surface area contributed by atoms with E-state index in [1.807, 2.05) is 18.2 Å². The minimum Gasteiger partial charge on any atom is -0.496 e. The van der Waals surface area contributed by atoms with Crippen LogP contribution in [0.4, 0.5) is 16.3 Å². The number of rotatable bonds is 5. The van der Waals surface area contributed by atoms with Crippen molar-refractivity contribution in [1.82, 2.24) is 9.88 Å². The fourth-order valence-corrected chi connectivity index (χ4v) is 6.60. The SMILES string of the molecule is [C-]#[N+]c1cccc(CC(=O)O)c1OC1CC2(CCN(C(=O)OC)CC2)c2ccc(-c3cccc4c(N)nccc34)cc21.